The highest BCUT2D eigenvalue weighted by Crippen LogP contribution is 2.54. The molecule has 2 heterocycles. The predicted molar refractivity (Wildman–Crippen MR) is 125 cm³/mol. The molecule has 4 nitrogen and oxygen atoms in total. The first kappa shape index (κ1) is 21.0. The number of thioether (sulfide) groups is 1. The molecule has 7 heteroatoms. The molecule has 32 heavy (non-hydrogen) atoms. The zero-order valence-corrected chi connectivity index (χ0v) is 18.9. The van der Waals surface area contributed by atoms with E-state index in [4.69, 9.17) is 11.6 Å². The van der Waals surface area contributed by atoms with E-state index in [1.165, 1.54) is 23.9 Å². The van der Waals surface area contributed by atoms with E-state index < -0.39 is 10.7 Å². The van der Waals surface area contributed by atoms with Gasteiger partial charge in [0, 0.05) is 28.4 Å². The molecule has 2 aliphatic rings. The Labute approximate surface area is 195 Å². The van der Waals surface area contributed by atoms with E-state index in [1.807, 2.05) is 31.2 Å². The van der Waals surface area contributed by atoms with E-state index >= 15 is 0 Å². The van der Waals surface area contributed by atoms with Crippen molar-refractivity contribution in [1.29, 1.82) is 0 Å². The molecule has 0 aromatic heterocycles. The van der Waals surface area contributed by atoms with Crippen molar-refractivity contribution in [2.45, 2.75) is 18.3 Å². The number of aryl methyl sites for hydroxylation is 1. The Hall–Kier alpha value is -2.83. The molecule has 1 unspecified atom stereocenters. The Morgan fingerprint density at radius 2 is 1.81 bits per heavy atom. The molecule has 1 saturated heterocycles. The van der Waals surface area contributed by atoms with E-state index in [0.29, 0.717) is 40.7 Å². The second-order valence-corrected chi connectivity index (χ2v) is 9.72. The van der Waals surface area contributed by atoms with Crippen LogP contribution in [0.25, 0.3) is 0 Å². The molecule has 1 spiro atoms. The third-order valence-electron chi connectivity index (χ3n) is 5.95. The van der Waals surface area contributed by atoms with Crippen molar-refractivity contribution in [3.8, 4) is 0 Å². The van der Waals surface area contributed by atoms with Crippen LogP contribution in [0.2, 0.25) is 5.02 Å². The molecule has 1 fully saturated rings. The average Bonchev–Trinajstić information content (AvgIpc) is 3.32. The Morgan fingerprint density at radius 1 is 1.09 bits per heavy atom. The number of benzene rings is 3. The monoisotopic (exact) mass is 466 g/mol. The number of fused-ring (bicyclic) bond motifs is 2. The first-order valence-electron chi connectivity index (χ1n) is 10.3. The van der Waals surface area contributed by atoms with Crippen LogP contribution in [0.5, 0.6) is 0 Å². The fourth-order valence-electron chi connectivity index (χ4n) is 4.37. The summed E-state index contributed by atoms with van der Waals surface area (Å²) in [6, 6.07) is 18.9. The third kappa shape index (κ3) is 3.29. The average molecular weight is 467 g/mol. The normalized spacial score (nSPS) is 19.7. The predicted octanol–water partition coefficient (Wildman–Crippen LogP) is 5.38. The third-order valence-corrected chi connectivity index (χ3v) is 7.62. The summed E-state index contributed by atoms with van der Waals surface area (Å²) >= 11 is 7.36. The van der Waals surface area contributed by atoms with Crippen LogP contribution in [0.1, 0.15) is 27.0 Å². The molecule has 0 aliphatic carbocycles. The molecule has 2 aliphatic heterocycles. The lowest BCUT2D eigenvalue weighted by Crippen LogP contribution is -2.50. The maximum absolute atomic E-state index is 14.4. The molecule has 0 N–H and O–H groups in total. The molecule has 0 saturated carbocycles. The van der Waals surface area contributed by atoms with Gasteiger partial charge >= 0.3 is 0 Å². The van der Waals surface area contributed by atoms with Gasteiger partial charge in [-0.1, -0.05) is 41.4 Å². The summed E-state index contributed by atoms with van der Waals surface area (Å²) in [5.74, 6) is -0.338. The number of amides is 2. The molecule has 162 valence electrons. The van der Waals surface area contributed by atoms with Crippen molar-refractivity contribution in [3.05, 3.63) is 99.8 Å². The highest BCUT2D eigenvalue weighted by atomic mass is 35.5. The molecular weight excluding hydrogens is 447 g/mol. The fourth-order valence-corrected chi connectivity index (χ4v) is 5.95. The number of hydrogen-bond acceptors (Lipinski definition) is 3. The van der Waals surface area contributed by atoms with Crippen molar-refractivity contribution in [2.24, 2.45) is 0 Å². The van der Waals surface area contributed by atoms with Crippen LogP contribution < -0.4 is 4.90 Å². The Balaban J connectivity index is 1.58. The van der Waals surface area contributed by atoms with E-state index in [9.17, 15) is 14.0 Å². The number of rotatable bonds is 3. The number of anilines is 1. The van der Waals surface area contributed by atoms with Crippen LogP contribution in [0.4, 0.5) is 10.1 Å². The first-order chi connectivity index (χ1) is 15.4. The van der Waals surface area contributed by atoms with Crippen LogP contribution in [-0.4, -0.2) is 29.0 Å². The van der Waals surface area contributed by atoms with Gasteiger partial charge in [0.25, 0.3) is 11.8 Å². The van der Waals surface area contributed by atoms with Crippen LogP contribution in [0, 0.1) is 12.7 Å². The van der Waals surface area contributed by atoms with E-state index in [0.717, 1.165) is 11.1 Å². The zero-order chi connectivity index (χ0) is 22.5. The number of carbonyl (C=O) groups is 2. The number of halogens is 2. The lowest BCUT2D eigenvalue weighted by atomic mass is 10.0. The van der Waals surface area contributed by atoms with Gasteiger partial charge in [-0.05, 0) is 55.0 Å². The van der Waals surface area contributed by atoms with Crippen molar-refractivity contribution in [2.75, 3.05) is 17.2 Å². The number of nitrogens with zero attached hydrogens (tertiary/aromatic N) is 2. The van der Waals surface area contributed by atoms with Gasteiger partial charge in [-0.15, -0.1) is 11.8 Å². The molecular formula is C25H20ClFN2O2S. The van der Waals surface area contributed by atoms with Gasteiger partial charge in [0.1, 0.15) is 5.82 Å². The molecule has 2 amide bonds. The fraction of sp³-hybridized carbons (Fsp3) is 0.200. The van der Waals surface area contributed by atoms with Gasteiger partial charge in [0.05, 0.1) is 12.2 Å². The van der Waals surface area contributed by atoms with Gasteiger partial charge in [-0.2, -0.15) is 0 Å². The standard InChI is InChI=1S/C25H20ClFN2O2S/c1-16-2-4-17(5-3-16)15-28-22-11-10-20(27)14-21(22)25(24(28)31)29(12-13-32-25)23(30)18-6-8-19(26)9-7-18/h2-11,14H,12-13,15H2,1H3. The highest BCUT2D eigenvalue weighted by Gasteiger charge is 2.59. The van der Waals surface area contributed by atoms with E-state index in [1.54, 1.807) is 40.1 Å². The number of hydrogen-bond donors (Lipinski definition) is 0. The molecule has 1 atom stereocenters. The number of carbonyl (C=O) groups excluding carboxylic acids is 2. The van der Waals surface area contributed by atoms with Crippen molar-refractivity contribution >= 4 is 40.9 Å². The molecule has 3 aromatic carbocycles. The van der Waals surface area contributed by atoms with Gasteiger partial charge in [0.15, 0.2) is 4.87 Å². The summed E-state index contributed by atoms with van der Waals surface area (Å²) in [5, 5.41) is 0.528. The maximum Gasteiger partial charge on any atom is 0.268 e. The minimum absolute atomic E-state index is 0.219. The molecule has 5 rings (SSSR count). The molecule has 0 radical (unpaired) electrons. The van der Waals surface area contributed by atoms with Crippen molar-refractivity contribution < 1.29 is 14.0 Å². The Kier molecular flexibility index (Phi) is 5.22. The molecule has 0 bridgehead atoms. The van der Waals surface area contributed by atoms with Gasteiger partial charge < -0.3 is 9.80 Å². The van der Waals surface area contributed by atoms with Gasteiger partial charge in [-0.25, -0.2) is 4.39 Å². The van der Waals surface area contributed by atoms with Crippen molar-refractivity contribution in [3.63, 3.8) is 0 Å². The lowest BCUT2D eigenvalue weighted by molar-refractivity contribution is -0.123. The van der Waals surface area contributed by atoms with Crippen LogP contribution in [0.15, 0.2) is 66.7 Å². The molecule has 3 aromatic rings. The Bertz CT molecular complexity index is 1220. The van der Waals surface area contributed by atoms with Crippen molar-refractivity contribution in [1.82, 2.24) is 4.90 Å². The lowest BCUT2D eigenvalue weighted by Gasteiger charge is -2.33. The second kappa shape index (κ2) is 7.94. The summed E-state index contributed by atoms with van der Waals surface area (Å²) < 4.78 is 14.4. The largest absolute Gasteiger partial charge is 0.311 e. The minimum Gasteiger partial charge on any atom is -0.311 e. The van der Waals surface area contributed by atoms with Gasteiger partial charge in [-0.3, -0.25) is 9.59 Å². The topological polar surface area (TPSA) is 40.6 Å². The SMILES string of the molecule is Cc1ccc(CN2C(=O)C3(SCCN3C(=O)c3ccc(Cl)cc3)c3cc(F)ccc32)cc1. The first-order valence-corrected chi connectivity index (χ1v) is 11.7. The quantitative estimate of drug-likeness (QED) is 0.520. The summed E-state index contributed by atoms with van der Waals surface area (Å²) in [4.78, 5) is 29.4. The Morgan fingerprint density at radius 3 is 2.53 bits per heavy atom. The summed E-state index contributed by atoms with van der Waals surface area (Å²) in [6.07, 6.45) is 0. The zero-order valence-electron chi connectivity index (χ0n) is 17.3. The summed E-state index contributed by atoms with van der Waals surface area (Å²) in [7, 11) is 0. The van der Waals surface area contributed by atoms with Crippen LogP contribution >= 0.6 is 23.4 Å². The van der Waals surface area contributed by atoms with E-state index in [-0.39, 0.29) is 11.8 Å². The van der Waals surface area contributed by atoms with Crippen LogP contribution in [-0.2, 0) is 16.2 Å². The summed E-state index contributed by atoms with van der Waals surface area (Å²) in [6.45, 7) is 2.75. The highest BCUT2D eigenvalue weighted by molar-refractivity contribution is 8.01. The maximum atomic E-state index is 14.4. The van der Waals surface area contributed by atoms with Crippen LogP contribution in [0.3, 0.4) is 0 Å². The second-order valence-electron chi connectivity index (χ2n) is 7.99. The summed E-state index contributed by atoms with van der Waals surface area (Å²) in [5.41, 5.74) is 3.71. The smallest absolute Gasteiger partial charge is 0.268 e. The minimum atomic E-state index is -1.28. The van der Waals surface area contributed by atoms with Gasteiger partial charge in [0.2, 0.25) is 0 Å². The van der Waals surface area contributed by atoms with E-state index in [2.05, 4.69) is 0 Å².